The summed E-state index contributed by atoms with van der Waals surface area (Å²) in [5, 5.41) is 11.9. The summed E-state index contributed by atoms with van der Waals surface area (Å²) in [6.07, 6.45) is 0. The molecule has 1 heterocycles. The molecule has 0 atom stereocenters. The van der Waals surface area contributed by atoms with Gasteiger partial charge in [0.1, 0.15) is 5.84 Å². The van der Waals surface area contributed by atoms with Gasteiger partial charge in [0.25, 0.3) is 0 Å². The largest absolute Gasteiger partial charge is 0.384 e. The van der Waals surface area contributed by atoms with Crippen LogP contribution >= 0.6 is 15.9 Å². The van der Waals surface area contributed by atoms with E-state index in [0.717, 1.165) is 21.5 Å². The summed E-state index contributed by atoms with van der Waals surface area (Å²) in [7, 11) is 0. The first-order valence-electron chi connectivity index (χ1n) is 5.59. The minimum absolute atomic E-state index is 0.0619. The molecule has 0 aliphatic carbocycles. The molecule has 1 aromatic carbocycles. The Morgan fingerprint density at radius 3 is 2.44 bits per heavy atom. The van der Waals surface area contributed by atoms with Gasteiger partial charge in [0.2, 0.25) is 0 Å². The van der Waals surface area contributed by atoms with Crippen molar-refractivity contribution in [3.63, 3.8) is 0 Å². The van der Waals surface area contributed by atoms with E-state index < -0.39 is 0 Å². The van der Waals surface area contributed by atoms with Gasteiger partial charge in [0.05, 0.1) is 11.4 Å². The number of rotatable bonds is 2. The van der Waals surface area contributed by atoms with E-state index >= 15 is 0 Å². The molecule has 94 valence electrons. The molecule has 0 bridgehead atoms. The Balaban J connectivity index is 2.58. The summed E-state index contributed by atoms with van der Waals surface area (Å²) in [6.45, 7) is 6.10. The van der Waals surface area contributed by atoms with Crippen molar-refractivity contribution >= 4 is 21.8 Å². The third-order valence-corrected chi connectivity index (χ3v) is 3.78. The zero-order valence-electron chi connectivity index (χ0n) is 10.6. The minimum atomic E-state index is 0.0619. The third-order valence-electron chi connectivity index (χ3n) is 3.14. The van der Waals surface area contributed by atoms with Crippen molar-refractivity contribution < 1.29 is 0 Å². The van der Waals surface area contributed by atoms with E-state index in [-0.39, 0.29) is 5.84 Å². The van der Waals surface area contributed by atoms with E-state index in [0.29, 0.717) is 5.56 Å². The molecule has 0 unspecified atom stereocenters. The average molecular weight is 307 g/mol. The fourth-order valence-corrected chi connectivity index (χ4v) is 2.35. The maximum atomic E-state index is 7.42. The van der Waals surface area contributed by atoms with Gasteiger partial charge in [-0.2, -0.15) is 5.10 Å². The van der Waals surface area contributed by atoms with Crippen molar-refractivity contribution in [2.24, 2.45) is 5.73 Å². The van der Waals surface area contributed by atoms with E-state index in [4.69, 9.17) is 11.1 Å². The number of nitrogens with zero attached hydrogens (tertiary/aromatic N) is 2. The predicted octanol–water partition coefficient (Wildman–Crippen LogP) is 2.84. The highest BCUT2D eigenvalue weighted by atomic mass is 79.9. The zero-order chi connectivity index (χ0) is 13.4. The first kappa shape index (κ1) is 12.8. The molecule has 2 aromatic rings. The molecule has 18 heavy (non-hydrogen) atoms. The van der Waals surface area contributed by atoms with Crippen molar-refractivity contribution in [3.8, 4) is 5.69 Å². The van der Waals surface area contributed by atoms with Gasteiger partial charge in [-0.15, -0.1) is 0 Å². The van der Waals surface area contributed by atoms with Gasteiger partial charge in [-0.1, -0.05) is 0 Å². The summed E-state index contributed by atoms with van der Waals surface area (Å²) in [4.78, 5) is 0. The van der Waals surface area contributed by atoms with Crippen LogP contribution in [0.15, 0.2) is 22.7 Å². The normalized spacial score (nSPS) is 10.7. The maximum absolute atomic E-state index is 7.42. The molecule has 0 amide bonds. The predicted molar refractivity (Wildman–Crippen MR) is 76.5 cm³/mol. The van der Waals surface area contributed by atoms with Crippen molar-refractivity contribution in [2.75, 3.05) is 0 Å². The van der Waals surface area contributed by atoms with Crippen molar-refractivity contribution in [3.05, 3.63) is 45.2 Å². The maximum Gasteiger partial charge on any atom is 0.122 e. The molecule has 0 aliphatic rings. The lowest BCUT2D eigenvalue weighted by atomic mass is 10.2. The molecule has 0 fully saturated rings. The molecular formula is C13H15BrN4. The number of benzene rings is 1. The number of hydrogen-bond donors (Lipinski definition) is 2. The monoisotopic (exact) mass is 306 g/mol. The molecule has 0 aliphatic heterocycles. The SMILES string of the molecule is Cc1nn(-c2ccc(C(=N)N)cc2Br)c(C)c1C. The molecule has 0 saturated carbocycles. The van der Waals surface area contributed by atoms with Crippen LogP contribution in [0.4, 0.5) is 0 Å². The van der Waals surface area contributed by atoms with Crippen molar-refractivity contribution in [1.82, 2.24) is 9.78 Å². The van der Waals surface area contributed by atoms with Crippen LogP contribution in [0.3, 0.4) is 0 Å². The lowest BCUT2D eigenvalue weighted by Crippen LogP contribution is -2.11. The van der Waals surface area contributed by atoms with E-state index in [1.54, 1.807) is 0 Å². The van der Waals surface area contributed by atoms with Gasteiger partial charge in [-0.05, 0) is 60.5 Å². The number of amidine groups is 1. The number of aromatic nitrogens is 2. The second kappa shape index (κ2) is 4.57. The molecule has 3 N–H and O–H groups in total. The average Bonchev–Trinajstić information content (AvgIpc) is 2.57. The van der Waals surface area contributed by atoms with Crippen LogP contribution in [0, 0.1) is 26.2 Å². The lowest BCUT2D eigenvalue weighted by molar-refractivity contribution is 0.829. The quantitative estimate of drug-likeness (QED) is 0.662. The van der Waals surface area contributed by atoms with Gasteiger partial charge >= 0.3 is 0 Å². The second-order valence-corrected chi connectivity index (χ2v) is 5.14. The Morgan fingerprint density at radius 1 is 1.33 bits per heavy atom. The molecule has 0 radical (unpaired) electrons. The Kier molecular flexibility index (Phi) is 3.26. The first-order chi connectivity index (χ1) is 8.41. The Bertz CT molecular complexity index is 628. The lowest BCUT2D eigenvalue weighted by Gasteiger charge is -2.09. The number of nitrogens with one attached hydrogen (secondary N) is 1. The third kappa shape index (κ3) is 2.06. The molecule has 1 aromatic heterocycles. The Hall–Kier alpha value is -1.62. The van der Waals surface area contributed by atoms with Crippen LogP contribution in [-0.4, -0.2) is 15.6 Å². The fraction of sp³-hybridized carbons (Fsp3) is 0.231. The summed E-state index contributed by atoms with van der Waals surface area (Å²) in [5.74, 6) is 0.0619. The summed E-state index contributed by atoms with van der Waals surface area (Å²) < 4.78 is 2.78. The van der Waals surface area contributed by atoms with Crippen LogP contribution < -0.4 is 5.73 Å². The number of nitrogen functional groups attached to an aromatic ring is 1. The van der Waals surface area contributed by atoms with E-state index in [2.05, 4.69) is 28.0 Å². The van der Waals surface area contributed by atoms with E-state index in [1.807, 2.05) is 36.7 Å². The highest BCUT2D eigenvalue weighted by Crippen LogP contribution is 2.25. The highest BCUT2D eigenvalue weighted by molar-refractivity contribution is 9.10. The van der Waals surface area contributed by atoms with Gasteiger partial charge in [0, 0.05) is 15.7 Å². The Labute approximate surface area is 114 Å². The minimum Gasteiger partial charge on any atom is -0.384 e. The van der Waals surface area contributed by atoms with Crippen molar-refractivity contribution in [1.29, 1.82) is 5.41 Å². The van der Waals surface area contributed by atoms with Crippen LogP contribution in [0.5, 0.6) is 0 Å². The van der Waals surface area contributed by atoms with Crippen molar-refractivity contribution in [2.45, 2.75) is 20.8 Å². The van der Waals surface area contributed by atoms with E-state index in [1.165, 1.54) is 5.56 Å². The second-order valence-electron chi connectivity index (χ2n) is 4.29. The molecule has 2 rings (SSSR count). The highest BCUT2D eigenvalue weighted by Gasteiger charge is 2.12. The number of nitrogens with two attached hydrogens (primary N) is 1. The van der Waals surface area contributed by atoms with Crippen LogP contribution in [0.25, 0.3) is 5.69 Å². The van der Waals surface area contributed by atoms with Gasteiger partial charge in [0.15, 0.2) is 0 Å². The standard InChI is InChI=1S/C13H15BrN4/c1-7-8(2)17-18(9(7)3)12-5-4-10(13(15)16)6-11(12)14/h4-6H,1-3H3,(H3,15,16). The molecule has 4 nitrogen and oxygen atoms in total. The summed E-state index contributed by atoms with van der Waals surface area (Å²) in [6, 6.07) is 5.58. The molecule has 5 heteroatoms. The van der Waals surface area contributed by atoms with E-state index in [9.17, 15) is 0 Å². The van der Waals surface area contributed by atoms with Crippen LogP contribution in [-0.2, 0) is 0 Å². The van der Waals surface area contributed by atoms with Gasteiger partial charge in [-0.25, -0.2) is 4.68 Å². The van der Waals surface area contributed by atoms with Gasteiger partial charge in [-0.3, -0.25) is 5.41 Å². The topological polar surface area (TPSA) is 67.7 Å². The van der Waals surface area contributed by atoms with Gasteiger partial charge < -0.3 is 5.73 Å². The molecular weight excluding hydrogens is 292 g/mol. The molecule has 0 saturated heterocycles. The number of halogens is 1. The fourth-order valence-electron chi connectivity index (χ4n) is 1.80. The smallest absolute Gasteiger partial charge is 0.122 e. The molecule has 0 spiro atoms. The van der Waals surface area contributed by atoms with Crippen LogP contribution in [0.1, 0.15) is 22.5 Å². The summed E-state index contributed by atoms with van der Waals surface area (Å²) >= 11 is 3.51. The zero-order valence-corrected chi connectivity index (χ0v) is 12.2. The first-order valence-corrected chi connectivity index (χ1v) is 6.38. The summed E-state index contributed by atoms with van der Waals surface area (Å²) in [5.41, 5.74) is 10.5. The number of aryl methyl sites for hydroxylation is 1. The van der Waals surface area contributed by atoms with Crippen LogP contribution in [0.2, 0.25) is 0 Å². The Morgan fingerprint density at radius 2 is 2.00 bits per heavy atom. The number of hydrogen-bond acceptors (Lipinski definition) is 2.